The van der Waals surface area contributed by atoms with Crippen molar-refractivity contribution in [3.05, 3.63) is 59.2 Å². The predicted octanol–water partition coefficient (Wildman–Crippen LogP) is 4.04. The summed E-state index contributed by atoms with van der Waals surface area (Å²) in [5, 5.41) is 6.16. The highest BCUT2D eigenvalue weighted by Crippen LogP contribution is 2.29. The van der Waals surface area contributed by atoms with Crippen LogP contribution < -0.4 is 20.1 Å². The lowest BCUT2D eigenvalue weighted by molar-refractivity contribution is 0.185. The molecule has 6 nitrogen and oxygen atoms in total. The van der Waals surface area contributed by atoms with Gasteiger partial charge in [-0.2, -0.15) is 0 Å². The van der Waals surface area contributed by atoms with Crippen LogP contribution in [0.4, 0.5) is 4.79 Å². The van der Waals surface area contributed by atoms with Crippen LogP contribution in [0.3, 0.4) is 0 Å². The molecule has 0 bridgehead atoms. The van der Waals surface area contributed by atoms with Gasteiger partial charge >= 0.3 is 6.03 Å². The van der Waals surface area contributed by atoms with Gasteiger partial charge in [0.05, 0.1) is 20.3 Å². The molecule has 3 rings (SSSR count). The van der Waals surface area contributed by atoms with Crippen LogP contribution in [0.5, 0.6) is 11.5 Å². The van der Waals surface area contributed by atoms with Gasteiger partial charge in [0.25, 0.3) is 0 Å². The van der Waals surface area contributed by atoms with Crippen molar-refractivity contribution in [2.24, 2.45) is 0 Å². The highest BCUT2D eigenvalue weighted by molar-refractivity contribution is 5.74. The first-order chi connectivity index (χ1) is 14.5. The Balaban J connectivity index is 1.46. The zero-order valence-electron chi connectivity index (χ0n) is 18.4. The number of aryl methyl sites for hydroxylation is 1. The van der Waals surface area contributed by atoms with Crippen molar-refractivity contribution in [1.29, 1.82) is 0 Å². The topological polar surface area (TPSA) is 62.8 Å². The minimum absolute atomic E-state index is 0.130. The normalized spacial score (nSPS) is 16.0. The number of carbonyl (C=O) groups excluding carboxylic acids is 1. The fourth-order valence-electron chi connectivity index (χ4n) is 3.89. The molecule has 1 saturated heterocycles. The van der Waals surface area contributed by atoms with Gasteiger partial charge in [-0.25, -0.2) is 4.79 Å². The summed E-state index contributed by atoms with van der Waals surface area (Å²) in [5.41, 5.74) is 3.68. The molecule has 1 heterocycles. The van der Waals surface area contributed by atoms with Gasteiger partial charge in [-0.1, -0.05) is 30.3 Å². The summed E-state index contributed by atoms with van der Waals surface area (Å²) in [7, 11) is 3.22. The van der Waals surface area contributed by atoms with E-state index in [0.29, 0.717) is 11.5 Å². The molecule has 0 saturated carbocycles. The van der Waals surface area contributed by atoms with Crippen molar-refractivity contribution < 1.29 is 14.3 Å². The summed E-state index contributed by atoms with van der Waals surface area (Å²) in [5.74, 6) is 1.33. The van der Waals surface area contributed by atoms with Crippen molar-refractivity contribution in [3.63, 3.8) is 0 Å². The lowest BCUT2D eigenvalue weighted by Crippen LogP contribution is -2.48. The molecule has 1 aliphatic heterocycles. The first kappa shape index (κ1) is 22.0. The average molecular weight is 412 g/mol. The van der Waals surface area contributed by atoms with Gasteiger partial charge in [-0.3, -0.25) is 4.90 Å². The fraction of sp³-hybridized carbons (Fsp3) is 0.458. The molecular weight excluding hydrogens is 378 g/mol. The number of nitrogens with zero attached hydrogens (tertiary/aromatic N) is 1. The van der Waals surface area contributed by atoms with E-state index < -0.39 is 0 Å². The van der Waals surface area contributed by atoms with E-state index in [1.54, 1.807) is 14.2 Å². The molecule has 6 heteroatoms. The minimum Gasteiger partial charge on any atom is -0.493 e. The zero-order valence-corrected chi connectivity index (χ0v) is 18.4. The number of amides is 2. The van der Waals surface area contributed by atoms with E-state index in [9.17, 15) is 4.79 Å². The molecule has 0 spiro atoms. The third-order valence-corrected chi connectivity index (χ3v) is 5.83. The molecule has 162 valence electrons. The Morgan fingerprint density at radius 3 is 2.47 bits per heavy atom. The summed E-state index contributed by atoms with van der Waals surface area (Å²) >= 11 is 0. The molecule has 1 aliphatic rings. The molecule has 2 N–H and O–H groups in total. The fourth-order valence-corrected chi connectivity index (χ4v) is 3.89. The Morgan fingerprint density at radius 1 is 1.10 bits per heavy atom. The average Bonchev–Trinajstić information content (AvgIpc) is 2.76. The second kappa shape index (κ2) is 10.3. The van der Waals surface area contributed by atoms with Crippen molar-refractivity contribution in [3.8, 4) is 11.5 Å². The Hall–Kier alpha value is -2.73. The number of carbonyl (C=O) groups is 1. The van der Waals surface area contributed by atoms with Gasteiger partial charge in [0.15, 0.2) is 11.5 Å². The van der Waals surface area contributed by atoms with Crippen LogP contribution in [-0.2, 0) is 6.54 Å². The number of nitrogens with one attached hydrogen (secondary N) is 2. The van der Waals surface area contributed by atoms with E-state index in [1.807, 2.05) is 25.1 Å². The number of urea groups is 1. The second-order valence-corrected chi connectivity index (χ2v) is 7.93. The van der Waals surface area contributed by atoms with Crippen LogP contribution in [0.1, 0.15) is 42.5 Å². The molecule has 2 aromatic carbocycles. The van der Waals surface area contributed by atoms with Crippen LogP contribution in [0, 0.1) is 6.92 Å². The Kier molecular flexibility index (Phi) is 7.57. The minimum atomic E-state index is -0.133. The molecule has 1 unspecified atom stereocenters. The summed E-state index contributed by atoms with van der Waals surface area (Å²) in [6.45, 7) is 7.08. The summed E-state index contributed by atoms with van der Waals surface area (Å²) < 4.78 is 10.6. The molecule has 1 atom stereocenters. The smallest absolute Gasteiger partial charge is 0.315 e. The molecule has 1 fully saturated rings. The Bertz CT molecular complexity index is 847. The van der Waals surface area contributed by atoms with Gasteiger partial charge in [0.2, 0.25) is 0 Å². The molecule has 0 radical (unpaired) electrons. The van der Waals surface area contributed by atoms with Crippen molar-refractivity contribution in [1.82, 2.24) is 15.5 Å². The zero-order chi connectivity index (χ0) is 21.5. The second-order valence-electron chi connectivity index (χ2n) is 7.93. The number of hydrogen-bond donors (Lipinski definition) is 2. The number of hydrogen-bond acceptors (Lipinski definition) is 4. The first-order valence-electron chi connectivity index (χ1n) is 10.6. The Morgan fingerprint density at radius 2 is 1.80 bits per heavy atom. The molecule has 0 aromatic heterocycles. The number of rotatable bonds is 7. The highest BCUT2D eigenvalue weighted by Gasteiger charge is 2.22. The predicted molar refractivity (Wildman–Crippen MR) is 119 cm³/mol. The molecule has 2 aromatic rings. The number of methoxy groups -OCH3 is 2. The number of benzene rings is 2. The third kappa shape index (κ3) is 5.66. The van der Waals surface area contributed by atoms with E-state index >= 15 is 0 Å². The summed E-state index contributed by atoms with van der Waals surface area (Å²) in [6.07, 6.45) is 1.92. The first-order valence-corrected chi connectivity index (χ1v) is 10.6. The number of ether oxygens (including phenoxy) is 2. The van der Waals surface area contributed by atoms with Crippen LogP contribution in [0.25, 0.3) is 0 Å². The largest absolute Gasteiger partial charge is 0.493 e. The number of likely N-dealkylation sites (tertiary alicyclic amines) is 1. The highest BCUT2D eigenvalue weighted by atomic mass is 16.5. The maximum Gasteiger partial charge on any atom is 0.315 e. The maximum atomic E-state index is 12.5. The van der Waals surface area contributed by atoms with Gasteiger partial charge < -0.3 is 20.1 Å². The summed E-state index contributed by atoms with van der Waals surface area (Å²) in [6, 6.07) is 14.2. The van der Waals surface area contributed by atoms with Gasteiger partial charge in [0, 0.05) is 25.7 Å². The van der Waals surface area contributed by atoms with Gasteiger partial charge in [0.1, 0.15) is 0 Å². The van der Waals surface area contributed by atoms with Gasteiger partial charge in [-0.15, -0.1) is 0 Å². The maximum absolute atomic E-state index is 12.5. The van der Waals surface area contributed by atoms with E-state index in [-0.39, 0.29) is 18.1 Å². The molecular formula is C24H33N3O3. The quantitative estimate of drug-likeness (QED) is 0.722. The Labute approximate surface area is 179 Å². The lowest BCUT2D eigenvalue weighted by atomic mass is 10.0. The molecule has 0 aliphatic carbocycles. The standard InChI is InChI=1S/C24H33N3O3/c1-17-7-5-6-8-20(17)16-27-13-11-21(12-14-27)26-24(28)25-18(2)19-9-10-22(29-3)23(15-19)30-4/h5-10,15,18,21H,11-14,16H2,1-4H3,(H2,25,26,28). The van der Waals surface area contributed by atoms with Crippen molar-refractivity contribution >= 4 is 6.03 Å². The third-order valence-electron chi connectivity index (χ3n) is 5.83. The van der Waals surface area contributed by atoms with Crippen LogP contribution >= 0.6 is 0 Å². The number of piperidine rings is 1. The molecule has 2 amide bonds. The van der Waals surface area contributed by atoms with E-state index in [0.717, 1.165) is 38.0 Å². The van der Waals surface area contributed by atoms with Crippen molar-refractivity contribution in [2.45, 2.75) is 45.3 Å². The van der Waals surface area contributed by atoms with Crippen molar-refractivity contribution in [2.75, 3.05) is 27.3 Å². The van der Waals surface area contributed by atoms with E-state index in [4.69, 9.17) is 9.47 Å². The van der Waals surface area contributed by atoms with Crippen LogP contribution in [-0.4, -0.2) is 44.3 Å². The summed E-state index contributed by atoms with van der Waals surface area (Å²) in [4.78, 5) is 15.0. The van der Waals surface area contributed by atoms with Crippen LogP contribution in [0.15, 0.2) is 42.5 Å². The van der Waals surface area contributed by atoms with E-state index in [2.05, 4.69) is 46.7 Å². The van der Waals surface area contributed by atoms with E-state index in [1.165, 1.54) is 11.1 Å². The lowest BCUT2D eigenvalue weighted by Gasteiger charge is -2.33. The monoisotopic (exact) mass is 411 g/mol. The van der Waals surface area contributed by atoms with Crippen LogP contribution in [0.2, 0.25) is 0 Å². The SMILES string of the molecule is COc1ccc(C(C)NC(=O)NC2CCN(Cc3ccccc3C)CC2)cc1OC. The molecule has 30 heavy (non-hydrogen) atoms. The van der Waals surface area contributed by atoms with Gasteiger partial charge in [-0.05, 0) is 55.5 Å².